The van der Waals surface area contributed by atoms with E-state index in [0.717, 1.165) is 0 Å². The van der Waals surface area contributed by atoms with Crippen molar-refractivity contribution in [1.82, 2.24) is 10.6 Å². The third kappa shape index (κ3) is 7.44. The summed E-state index contributed by atoms with van der Waals surface area (Å²) in [5.41, 5.74) is 11.1. The fourth-order valence-electron chi connectivity index (χ4n) is 1.11. The van der Waals surface area contributed by atoms with Crippen LogP contribution < -0.4 is 22.1 Å². The van der Waals surface area contributed by atoms with E-state index in [1.165, 1.54) is 7.11 Å². The second-order valence-electron chi connectivity index (χ2n) is 3.58. The van der Waals surface area contributed by atoms with Gasteiger partial charge in [-0.05, 0) is 12.8 Å². The summed E-state index contributed by atoms with van der Waals surface area (Å²) in [6.45, 7) is 0.415. The van der Waals surface area contributed by atoms with E-state index in [0.29, 0.717) is 25.3 Å². The van der Waals surface area contributed by atoms with Crippen LogP contribution in [0, 0.1) is 0 Å². The Hall–Kier alpha value is -1.83. The minimum absolute atomic E-state index is 0.170. The van der Waals surface area contributed by atoms with Gasteiger partial charge in [-0.3, -0.25) is 14.6 Å². The first-order valence-corrected chi connectivity index (χ1v) is 5.57. The first-order valence-electron chi connectivity index (χ1n) is 5.57. The summed E-state index contributed by atoms with van der Waals surface area (Å²) < 4.78 is 4.39. The van der Waals surface area contributed by atoms with E-state index in [4.69, 9.17) is 11.5 Å². The van der Waals surface area contributed by atoms with Gasteiger partial charge in [0.15, 0.2) is 5.96 Å². The highest BCUT2D eigenvalue weighted by atomic mass is 16.5. The number of ether oxygens (including phenoxy) is 1. The molecule has 0 fully saturated rings. The van der Waals surface area contributed by atoms with Crippen LogP contribution in [-0.4, -0.2) is 51.1 Å². The number of guanidine groups is 1. The lowest BCUT2D eigenvalue weighted by Crippen LogP contribution is -2.43. The van der Waals surface area contributed by atoms with Gasteiger partial charge < -0.3 is 26.8 Å². The maximum atomic E-state index is 11.4. The second-order valence-corrected chi connectivity index (χ2v) is 3.58. The maximum absolute atomic E-state index is 11.4. The van der Waals surface area contributed by atoms with E-state index in [-0.39, 0.29) is 12.5 Å². The van der Waals surface area contributed by atoms with Gasteiger partial charge in [0.25, 0.3) is 0 Å². The quantitative estimate of drug-likeness (QED) is 0.179. The zero-order chi connectivity index (χ0) is 14.0. The van der Waals surface area contributed by atoms with E-state index in [1.54, 1.807) is 7.05 Å². The molecule has 1 atom stereocenters. The molecule has 0 aliphatic heterocycles. The predicted molar refractivity (Wildman–Crippen MR) is 67.8 cm³/mol. The van der Waals surface area contributed by atoms with E-state index in [9.17, 15) is 9.59 Å². The van der Waals surface area contributed by atoms with Gasteiger partial charge in [-0.2, -0.15) is 0 Å². The number of rotatable bonds is 7. The van der Waals surface area contributed by atoms with Crippen LogP contribution in [-0.2, 0) is 14.3 Å². The van der Waals surface area contributed by atoms with Crippen molar-refractivity contribution in [2.24, 2.45) is 16.5 Å². The van der Waals surface area contributed by atoms with Gasteiger partial charge in [0.05, 0.1) is 13.2 Å². The second kappa shape index (κ2) is 9.23. The Bertz CT molecular complexity index is 306. The third-order valence-electron chi connectivity index (χ3n) is 2.21. The molecule has 0 radical (unpaired) electrons. The molecule has 0 saturated heterocycles. The molecule has 0 aromatic carbocycles. The number of hydrogen-bond acceptors (Lipinski definition) is 5. The SMILES string of the molecule is CN=C(N)NCCC[C@@H](N)C(=O)NCC(=O)OC. The molecule has 0 spiro atoms. The molecule has 6 N–H and O–H groups in total. The molecule has 0 aromatic heterocycles. The molecular weight excluding hydrogens is 238 g/mol. The predicted octanol–water partition coefficient (Wildman–Crippen LogP) is -2.08. The summed E-state index contributed by atoms with van der Waals surface area (Å²) in [6, 6.07) is -0.656. The molecule has 0 unspecified atom stereocenters. The molecule has 0 saturated carbocycles. The fourth-order valence-corrected chi connectivity index (χ4v) is 1.11. The normalized spacial score (nSPS) is 12.7. The van der Waals surface area contributed by atoms with Gasteiger partial charge in [-0.25, -0.2) is 0 Å². The standard InChI is InChI=1S/C10H21N5O3/c1-13-10(12)14-5-3-4-7(11)9(17)15-6-8(16)18-2/h7H,3-6,11H2,1-2H3,(H,15,17)(H3,12,13,14)/t7-/m1/s1. The topological polar surface area (TPSA) is 132 Å². The minimum Gasteiger partial charge on any atom is -0.468 e. The van der Waals surface area contributed by atoms with Gasteiger partial charge in [-0.1, -0.05) is 0 Å². The van der Waals surface area contributed by atoms with Crippen molar-refractivity contribution in [3.63, 3.8) is 0 Å². The van der Waals surface area contributed by atoms with Crippen molar-refractivity contribution in [1.29, 1.82) is 0 Å². The summed E-state index contributed by atoms with van der Waals surface area (Å²) in [6.07, 6.45) is 1.15. The maximum Gasteiger partial charge on any atom is 0.325 e. The van der Waals surface area contributed by atoms with E-state index in [1.807, 2.05) is 0 Å². The molecule has 0 aliphatic rings. The van der Waals surface area contributed by atoms with E-state index < -0.39 is 12.0 Å². The molecule has 0 aromatic rings. The van der Waals surface area contributed by atoms with Gasteiger partial charge in [0.2, 0.25) is 5.91 Å². The lowest BCUT2D eigenvalue weighted by Gasteiger charge is -2.11. The number of carbonyl (C=O) groups excluding carboxylic acids is 2. The molecule has 8 heteroatoms. The number of nitrogens with zero attached hydrogens (tertiary/aromatic N) is 1. The summed E-state index contributed by atoms with van der Waals surface area (Å²) in [4.78, 5) is 25.9. The zero-order valence-corrected chi connectivity index (χ0v) is 10.7. The Morgan fingerprint density at radius 2 is 2.06 bits per heavy atom. The van der Waals surface area contributed by atoms with Crippen LogP contribution in [0.2, 0.25) is 0 Å². The molecule has 0 aliphatic carbocycles. The Balaban J connectivity index is 3.71. The highest BCUT2D eigenvalue weighted by Gasteiger charge is 2.13. The Morgan fingerprint density at radius 3 is 2.61 bits per heavy atom. The molecule has 0 bridgehead atoms. The number of amides is 1. The fraction of sp³-hybridized carbons (Fsp3) is 0.700. The van der Waals surface area contributed by atoms with Gasteiger partial charge in [0, 0.05) is 13.6 Å². The molecule has 0 rings (SSSR count). The van der Waals surface area contributed by atoms with Crippen LogP contribution in [0.5, 0.6) is 0 Å². The summed E-state index contributed by atoms with van der Waals surface area (Å²) in [5.74, 6) is -0.541. The van der Waals surface area contributed by atoms with Crippen molar-refractivity contribution in [3.05, 3.63) is 0 Å². The van der Waals surface area contributed by atoms with Gasteiger partial charge in [-0.15, -0.1) is 0 Å². The van der Waals surface area contributed by atoms with Crippen molar-refractivity contribution in [3.8, 4) is 0 Å². The highest BCUT2D eigenvalue weighted by molar-refractivity contribution is 5.85. The van der Waals surface area contributed by atoms with Crippen LogP contribution in [0.3, 0.4) is 0 Å². The van der Waals surface area contributed by atoms with Gasteiger partial charge >= 0.3 is 5.97 Å². The number of nitrogens with two attached hydrogens (primary N) is 2. The van der Waals surface area contributed by atoms with Crippen LogP contribution in [0.4, 0.5) is 0 Å². The number of methoxy groups -OCH3 is 1. The number of esters is 1. The lowest BCUT2D eigenvalue weighted by molar-refractivity contribution is -0.141. The van der Waals surface area contributed by atoms with Crippen LogP contribution >= 0.6 is 0 Å². The lowest BCUT2D eigenvalue weighted by atomic mass is 10.1. The highest BCUT2D eigenvalue weighted by Crippen LogP contribution is 1.93. The van der Waals surface area contributed by atoms with E-state index >= 15 is 0 Å². The average molecular weight is 259 g/mol. The van der Waals surface area contributed by atoms with E-state index in [2.05, 4.69) is 20.4 Å². The van der Waals surface area contributed by atoms with Crippen LogP contribution in [0.1, 0.15) is 12.8 Å². The number of aliphatic imine (C=N–C) groups is 1. The number of hydrogen-bond donors (Lipinski definition) is 4. The first-order chi connectivity index (χ1) is 8.51. The Morgan fingerprint density at radius 1 is 1.39 bits per heavy atom. The molecule has 104 valence electrons. The smallest absolute Gasteiger partial charge is 0.325 e. The minimum atomic E-state index is -0.656. The van der Waals surface area contributed by atoms with Crippen molar-refractivity contribution in [2.75, 3.05) is 27.2 Å². The van der Waals surface area contributed by atoms with Gasteiger partial charge in [0.1, 0.15) is 6.54 Å². The Kier molecular flexibility index (Phi) is 8.29. The number of nitrogens with one attached hydrogen (secondary N) is 2. The molecule has 18 heavy (non-hydrogen) atoms. The monoisotopic (exact) mass is 259 g/mol. The largest absolute Gasteiger partial charge is 0.468 e. The zero-order valence-electron chi connectivity index (χ0n) is 10.7. The van der Waals surface area contributed by atoms with Crippen molar-refractivity contribution in [2.45, 2.75) is 18.9 Å². The van der Waals surface area contributed by atoms with Crippen LogP contribution in [0.15, 0.2) is 4.99 Å². The van der Waals surface area contributed by atoms with Crippen molar-refractivity contribution < 1.29 is 14.3 Å². The van der Waals surface area contributed by atoms with Crippen LogP contribution in [0.25, 0.3) is 0 Å². The van der Waals surface area contributed by atoms with Crippen molar-refractivity contribution >= 4 is 17.8 Å². The third-order valence-corrected chi connectivity index (χ3v) is 2.21. The summed E-state index contributed by atoms with van der Waals surface area (Å²) in [5, 5.41) is 5.24. The number of carbonyl (C=O) groups is 2. The molecule has 8 nitrogen and oxygen atoms in total. The Labute approximate surface area is 106 Å². The first kappa shape index (κ1) is 16.2. The average Bonchev–Trinajstić information content (AvgIpc) is 2.39. The molecule has 1 amide bonds. The summed E-state index contributed by atoms with van der Waals surface area (Å²) >= 11 is 0. The molecule has 0 heterocycles. The summed E-state index contributed by atoms with van der Waals surface area (Å²) in [7, 11) is 2.83. The molecular formula is C10H21N5O3.